The molecule has 0 aliphatic carbocycles. The first-order valence-corrected chi connectivity index (χ1v) is 9.76. The van der Waals surface area contributed by atoms with E-state index < -0.39 is 9.84 Å². The molecule has 0 spiro atoms. The molecular weight excluding hydrogens is 324 g/mol. The van der Waals surface area contributed by atoms with Gasteiger partial charge in [-0.2, -0.15) is 0 Å². The molecule has 1 atom stereocenters. The summed E-state index contributed by atoms with van der Waals surface area (Å²) in [6.07, 6.45) is 2.31. The number of sulfone groups is 1. The molecule has 0 bridgehead atoms. The molecule has 2 nitrogen and oxygen atoms in total. The van der Waals surface area contributed by atoms with Crippen molar-refractivity contribution in [2.45, 2.75) is 38.5 Å². The van der Waals surface area contributed by atoms with Gasteiger partial charge in [-0.05, 0) is 24.8 Å². The fourth-order valence-corrected chi connectivity index (χ4v) is 4.85. The van der Waals surface area contributed by atoms with E-state index >= 15 is 0 Å². The van der Waals surface area contributed by atoms with Crippen LogP contribution in [0.2, 0.25) is 0 Å². The topological polar surface area (TPSA) is 34.1 Å². The lowest BCUT2D eigenvalue weighted by Gasteiger charge is -2.31. The summed E-state index contributed by atoms with van der Waals surface area (Å²) < 4.78 is 23.9. The molecule has 0 saturated carbocycles. The van der Waals surface area contributed by atoms with Gasteiger partial charge in [0.05, 0.1) is 5.75 Å². The van der Waals surface area contributed by atoms with Crippen LogP contribution in [0.5, 0.6) is 0 Å². The molecule has 1 aromatic carbocycles. The van der Waals surface area contributed by atoms with E-state index in [9.17, 15) is 8.42 Å². The van der Waals surface area contributed by atoms with E-state index in [2.05, 4.69) is 35.0 Å². The van der Waals surface area contributed by atoms with Crippen LogP contribution in [-0.4, -0.2) is 25.3 Å². The van der Waals surface area contributed by atoms with Gasteiger partial charge in [0.15, 0.2) is 0 Å². The van der Waals surface area contributed by atoms with Gasteiger partial charge < -0.3 is 0 Å². The zero-order valence-corrected chi connectivity index (χ0v) is 14.1. The molecule has 4 heteroatoms. The summed E-state index contributed by atoms with van der Waals surface area (Å²) in [5.74, 6) is 0.568. The summed E-state index contributed by atoms with van der Waals surface area (Å²) in [6, 6.07) is 10.2. The summed E-state index contributed by atoms with van der Waals surface area (Å²) in [6.45, 7) is 4.03. The van der Waals surface area contributed by atoms with Crippen LogP contribution in [0.15, 0.2) is 30.3 Å². The van der Waals surface area contributed by atoms with Crippen LogP contribution in [0, 0.1) is 0 Å². The van der Waals surface area contributed by atoms with Crippen molar-refractivity contribution in [1.29, 1.82) is 0 Å². The van der Waals surface area contributed by atoms with E-state index in [1.807, 2.05) is 25.1 Å². The maximum absolute atomic E-state index is 11.9. The first-order valence-electron chi connectivity index (χ1n) is 6.81. The second kappa shape index (κ2) is 7.44. The molecule has 1 rings (SSSR count). The lowest BCUT2D eigenvalue weighted by molar-refractivity contribution is 0.449. The number of alkyl halides is 1. The molecule has 1 unspecified atom stereocenters. The Morgan fingerprint density at radius 1 is 1.11 bits per heavy atom. The van der Waals surface area contributed by atoms with Crippen LogP contribution in [-0.2, 0) is 15.3 Å². The average Bonchev–Trinajstić information content (AvgIpc) is 2.41. The molecule has 108 valence electrons. The van der Waals surface area contributed by atoms with Crippen LogP contribution in [0.4, 0.5) is 0 Å². The summed E-state index contributed by atoms with van der Waals surface area (Å²) in [5.41, 5.74) is 1.14. The highest BCUT2D eigenvalue weighted by atomic mass is 79.9. The first-order chi connectivity index (χ1) is 8.99. The second-order valence-electron chi connectivity index (χ2n) is 5.04. The van der Waals surface area contributed by atoms with Crippen LogP contribution in [0.3, 0.4) is 0 Å². The molecule has 1 aromatic rings. The van der Waals surface area contributed by atoms with Gasteiger partial charge in [0.1, 0.15) is 9.84 Å². The smallest absolute Gasteiger partial charge is 0.150 e. The van der Waals surface area contributed by atoms with E-state index in [4.69, 9.17) is 0 Å². The summed E-state index contributed by atoms with van der Waals surface area (Å²) in [7, 11) is -2.91. The molecule has 0 saturated heterocycles. The standard InChI is InChI=1S/C15H23BrO2S/c1-3-11-19(17,18)12-10-15(4-2,13-16)14-8-6-5-7-9-14/h5-9H,3-4,10-13H2,1-2H3. The third-order valence-electron chi connectivity index (χ3n) is 3.73. The van der Waals surface area contributed by atoms with Crippen LogP contribution >= 0.6 is 15.9 Å². The number of benzene rings is 1. The van der Waals surface area contributed by atoms with Gasteiger partial charge in [-0.3, -0.25) is 0 Å². The first kappa shape index (κ1) is 16.7. The Balaban J connectivity index is 2.90. The fourth-order valence-electron chi connectivity index (χ4n) is 2.32. The van der Waals surface area contributed by atoms with Crippen molar-refractivity contribution in [2.75, 3.05) is 16.8 Å². The summed E-state index contributed by atoms with van der Waals surface area (Å²) in [5, 5.41) is 0.794. The lowest BCUT2D eigenvalue weighted by Crippen LogP contribution is -2.30. The van der Waals surface area contributed by atoms with Crippen molar-refractivity contribution in [3.8, 4) is 0 Å². The molecule has 19 heavy (non-hydrogen) atoms. The maximum atomic E-state index is 11.9. The van der Waals surface area contributed by atoms with Gasteiger partial charge >= 0.3 is 0 Å². The molecule has 0 amide bonds. The Morgan fingerprint density at radius 3 is 2.21 bits per heavy atom. The Morgan fingerprint density at radius 2 is 1.74 bits per heavy atom. The van der Waals surface area contributed by atoms with Gasteiger partial charge in [-0.1, -0.05) is 60.1 Å². The quantitative estimate of drug-likeness (QED) is 0.668. The number of hydrogen-bond donors (Lipinski definition) is 0. The normalized spacial score (nSPS) is 15.1. The van der Waals surface area contributed by atoms with E-state index in [1.54, 1.807) is 0 Å². The number of halogens is 1. The largest absolute Gasteiger partial charge is 0.229 e. The second-order valence-corrected chi connectivity index (χ2v) is 7.90. The maximum Gasteiger partial charge on any atom is 0.150 e. The van der Waals surface area contributed by atoms with Gasteiger partial charge in [0.25, 0.3) is 0 Å². The summed E-state index contributed by atoms with van der Waals surface area (Å²) in [4.78, 5) is 0. The van der Waals surface area contributed by atoms with Crippen LogP contribution in [0.1, 0.15) is 38.7 Å². The van der Waals surface area contributed by atoms with E-state index in [-0.39, 0.29) is 11.2 Å². The number of rotatable bonds is 8. The van der Waals surface area contributed by atoms with Crippen LogP contribution < -0.4 is 0 Å². The molecule has 0 N–H and O–H groups in total. The van der Waals surface area contributed by atoms with Crippen molar-refractivity contribution < 1.29 is 8.42 Å². The molecule has 0 radical (unpaired) electrons. The monoisotopic (exact) mass is 346 g/mol. The molecule has 0 aliphatic rings. The highest BCUT2D eigenvalue weighted by molar-refractivity contribution is 9.09. The lowest BCUT2D eigenvalue weighted by atomic mass is 9.78. The van der Waals surface area contributed by atoms with Gasteiger partial charge in [0.2, 0.25) is 0 Å². The highest BCUT2D eigenvalue weighted by Crippen LogP contribution is 2.34. The van der Waals surface area contributed by atoms with Crippen LogP contribution in [0.25, 0.3) is 0 Å². The molecule has 0 fully saturated rings. The Bertz CT molecular complexity index is 464. The van der Waals surface area contributed by atoms with Crippen molar-refractivity contribution in [3.05, 3.63) is 35.9 Å². The third kappa shape index (κ3) is 4.60. The van der Waals surface area contributed by atoms with E-state index in [1.165, 1.54) is 5.56 Å². The number of hydrogen-bond acceptors (Lipinski definition) is 2. The predicted molar refractivity (Wildman–Crippen MR) is 85.8 cm³/mol. The Hall–Kier alpha value is -0.350. The molecule has 0 aromatic heterocycles. The van der Waals surface area contributed by atoms with Gasteiger partial charge in [0, 0.05) is 16.5 Å². The van der Waals surface area contributed by atoms with Crippen molar-refractivity contribution in [1.82, 2.24) is 0 Å². The summed E-state index contributed by atoms with van der Waals surface area (Å²) >= 11 is 3.58. The van der Waals surface area contributed by atoms with Crippen molar-refractivity contribution in [2.24, 2.45) is 0 Å². The predicted octanol–water partition coefficient (Wildman–Crippen LogP) is 3.94. The van der Waals surface area contributed by atoms with Crippen molar-refractivity contribution in [3.63, 3.8) is 0 Å². The minimum atomic E-state index is -2.91. The van der Waals surface area contributed by atoms with E-state index in [0.29, 0.717) is 18.6 Å². The highest BCUT2D eigenvalue weighted by Gasteiger charge is 2.30. The minimum absolute atomic E-state index is 0.0813. The Kier molecular flexibility index (Phi) is 6.54. The van der Waals surface area contributed by atoms with Gasteiger partial charge in [-0.25, -0.2) is 8.42 Å². The third-order valence-corrected chi connectivity index (χ3v) is 6.66. The zero-order chi connectivity index (χ0) is 14.4. The zero-order valence-electron chi connectivity index (χ0n) is 11.7. The van der Waals surface area contributed by atoms with E-state index in [0.717, 1.165) is 11.8 Å². The Labute approximate surface area is 125 Å². The van der Waals surface area contributed by atoms with Gasteiger partial charge in [-0.15, -0.1) is 0 Å². The average molecular weight is 347 g/mol. The molecule has 0 heterocycles. The fraction of sp³-hybridized carbons (Fsp3) is 0.600. The molecular formula is C15H23BrO2S. The SMILES string of the molecule is CCCS(=O)(=O)CCC(CC)(CBr)c1ccccc1. The minimum Gasteiger partial charge on any atom is -0.229 e. The molecule has 0 aliphatic heterocycles. The van der Waals surface area contributed by atoms with Crippen molar-refractivity contribution >= 4 is 25.8 Å².